The third-order valence-electron chi connectivity index (χ3n) is 2.11. The van der Waals surface area contributed by atoms with Crippen molar-refractivity contribution >= 4 is 23.7 Å². The predicted octanol–water partition coefficient (Wildman–Crippen LogP) is 2.43. The van der Waals surface area contributed by atoms with Crippen molar-refractivity contribution in [1.29, 1.82) is 0 Å². The maximum Gasteiger partial charge on any atom is 0.272 e. The van der Waals surface area contributed by atoms with Crippen LogP contribution in [-0.2, 0) is 0 Å². The Bertz CT molecular complexity index is 534. The quantitative estimate of drug-likeness (QED) is 0.635. The van der Waals surface area contributed by atoms with Gasteiger partial charge in [-0.15, -0.1) is 0 Å². The topological polar surface area (TPSA) is 57.2 Å². The number of rotatable bonds is 3. The number of amides is 1. The van der Waals surface area contributed by atoms with Gasteiger partial charge >= 0.3 is 0 Å². The minimum Gasteiger partial charge on any atom is -0.360 e. The Hall–Kier alpha value is -2.07. The van der Waals surface area contributed by atoms with E-state index in [-0.39, 0.29) is 5.91 Å². The lowest BCUT2D eigenvalue weighted by molar-refractivity contribution is 0.0955. The number of carbonyl (C=O) groups excluding carboxylic acids is 1. The second kappa shape index (κ2) is 5.32. The molecule has 1 amide bonds. The Labute approximate surface area is 103 Å². The van der Waals surface area contributed by atoms with Crippen LogP contribution in [0.5, 0.6) is 0 Å². The van der Waals surface area contributed by atoms with Crippen molar-refractivity contribution in [2.45, 2.75) is 0 Å². The fraction of sp³-hybridized carbons (Fsp3) is 0. The van der Waals surface area contributed by atoms with E-state index < -0.39 is 0 Å². The number of carbonyl (C=O) groups is 1. The number of hydrogen-bond acceptors (Lipinski definition) is 2. The van der Waals surface area contributed by atoms with Crippen molar-refractivity contribution in [3.05, 3.63) is 58.9 Å². The number of nitrogens with one attached hydrogen (secondary N) is 2. The molecule has 0 aliphatic carbocycles. The average molecular weight is 248 g/mol. The molecule has 1 aromatic heterocycles. The van der Waals surface area contributed by atoms with Crippen LogP contribution in [0.2, 0.25) is 5.02 Å². The molecule has 17 heavy (non-hydrogen) atoms. The van der Waals surface area contributed by atoms with Crippen molar-refractivity contribution in [3.8, 4) is 0 Å². The summed E-state index contributed by atoms with van der Waals surface area (Å²) >= 11 is 5.88. The molecule has 0 saturated heterocycles. The van der Waals surface area contributed by atoms with Crippen LogP contribution in [0.4, 0.5) is 0 Å². The molecule has 0 radical (unpaired) electrons. The molecule has 0 aliphatic heterocycles. The summed E-state index contributed by atoms with van der Waals surface area (Å²) in [4.78, 5) is 14.6. The van der Waals surface area contributed by atoms with Crippen LogP contribution in [0.1, 0.15) is 16.1 Å². The highest BCUT2D eigenvalue weighted by Gasteiger charge is 2.07. The molecule has 0 fully saturated rings. The zero-order chi connectivity index (χ0) is 12.1. The van der Waals surface area contributed by atoms with Crippen molar-refractivity contribution in [2.24, 2.45) is 5.10 Å². The van der Waals surface area contributed by atoms with Crippen molar-refractivity contribution in [1.82, 2.24) is 10.4 Å². The van der Waals surface area contributed by atoms with E-state index in [1.54, 1.807) is 30.5 Å². The molecule has 0 unspecified atom stereocenters. The minimum atomic E-state index is -0.335. The summed E-state index contributed by atoms with van der Waals surface area (Å²) in [5, 5.41) is 4.22. The SMILES string of the molecule is O=C(N/N=C\c1ccc[nH]1)c1ccccc1Cl. The van der Waals surface area contributed by atoms with E-state index in [0.29, 0.717) is 10.6 Å². The van der Waals surface area contributed by atoms with Crippen LogP contribution in [0.25, 0.3) is 0 Å². The molecule has 5 heteroatoms. The molecule has 1 heterocycles. The lowest BCUT2D eigenvalue weighted by Gasteiger charge is -2.01. The first-order valence-electron chi connectivity index (χ1n) is 4.98. The molecule has 0 bridgehead atoms. The molecular formula is C12H10ClN3O. The summed E-state index contributed by atoms with van der Waals surface area (Å²) in [6.45, 7) is 0. The fourth-order valence-electron chi connectivity index (χ4n) is 1.29. The first-order valence-corrected chi connectivity index (χ1v) is 5.36. The van der Waals surface area contributed by atoms with E-state index in [4.69, 9.17) is 11.6 Å². The number of nitrogens with zero attached hydrogens (tertiary/aromatic N) is 1. The van der Waals surface area contributed by atoms with Crippen LogP contribution in [0, 0.1) is 0 Å². The molecule has 2 rings (SSSR count). The van der Waals surface area contributed by atoms with Gasteiger partial charge in [-0.1, -0.05) is 23.7 Å². The van der Waals surface area contributed by atoms with Gasteiger partial charge in [-0.25, -0.2) is 5.43 Å². The number of H-pyrrole nitrogens is 1. The molecule has 4 nitrogen and oxygen atoms in total. The lowest BCUT2D eigenvalue weighted by atomic mass is 10.2. The van der Waals surface area contributed by atoms with Crippen LogP contribution < -0.4 is 5.43 Å². The molecule has 1 aromatic carbocycles. The predicted molar refractivity (Wildman–Crippen MR) is 67.3 cm³/mol. The van der Waals surface area contributed by atoms with Crippen LogP contribution in [0.15, 0.2) is 47.7 Å². The highest BCUT2D eigenvalue weighted by molar-refractivity contribution is 6.33. The second-order valence-corrected chi connectivity index (χ2v) is 3.71. The van der Waals surface area contributed by atoms with Gasteiger partial charge < -0.3 is 4.98 Å². The van der Waals surface area contributed by atoms with Crippen molar-refractivity contribution < 1.29 is 4.79 Å². The number of aromatic nitrogens is 1. The van der Waals surface area contributed by atoms with Gasteiger partial charge in [-0.2, -0.15) is 5.10 Å². The summed E-state index contributed by atoms with van der Waals surface area (Å²) in [6, 6.07) is 10.5. The standard InChI is InChI=1S/C12H10ClN3O/c13-11-6-2-1-5-10(11)12(17)16-15-8-9-4-3-7-14-9/h1-8,14H,(H,16,17)/b15-8-. The maximum atomic E-state index is 11.7. The first-order chi connectivity index (χ1) is 8.27. The van der Waals surface area contributed by atoms with E-state index >= 15 is 0 Å². The van der Waals surface area contributed by atoms with Gasteiger partial charge in [0.05, 0.1) is 22.5 Å². The molecular weight excluding hydrogens is 238 g/mol. The van der Waals surface area contributed by atoms with E-state index in [2.05, 4.69) is 15.5 Å². The van der Waals surface area contributed by atoms with Gasteiger partial charge in [0.1, 0.15) is 0 Å². The Balaban J connectivity index is 2.01. The summed E-state index contributed by atoms with van der Waals surface area (Å²) in [5.74, 6) is -0.335. The zero-order valence-electron chi connectivity index (χ0n) is 8.85. The lowest BCUT2D eigenvalue weighted by Crippen LogP contribution is -2.17. The molecule has 0 spiro atoms. The summed E-state index contributed by atoms with van der Waals surface area (Å²) in [7, 11) is 0. The second-order valence-electron chi connectivity index (χ2n) is 3.30. The molecule has 0 atom stereocenters. The fourth-order valence-corrected chi connectivity index (χ4v) is 1.51. The van der Waals surface area contributed by atoms with Crippen LogP contribution >= 0.6 is 11.6 Å². The number of hydrogen-bond donors (Lipinski definition) is 2. The number of halogens is 1. The van der Waals surface area contributed by atoms with E-state index in [1.807, 2.05) is 12.1 Å². The van der Waals surface area contributed by atoms with Gasteiger partial charge in [0.25, 0.3) is 5.91 Å². The summed E-state index contributed by atoms with van der Waals surface area (Å²) in [6.07, 6.45) is 3.30. The third-order valence-corrected chi connectivity index (χ3v) is 2.44. The molecule has 2 aromatic rings. The molecule has 86 valence electrons. The highest BCUT2D eigenvalue weighted by atomic mass is 35.5. The maximum absolute atomic E-state index is 11.7. The Morgan fingerprint density at radius 3 is 2.82 bits per heavy atom. The smallest absolute Gasteiger partial charge is 0.272 e. The van der Waals surface area contributed by atoms with Gasteiger partial charge in [0.2, 0.25) is 0 Å². The van der Waals surface area contributed by atoms with Gasteiger partial charge in [-0.3, -0.25) is 4.79 Å². The molecule has 0 aliphatic rings. The number of hydrazone groups is 1. The largest absolute Gasteiger partial charge is 0.360 e. The Morgan fingerprint density at radius 2 is 2.12 bits per heavy atom. The van der Waals surface area contributed by atoms with Gasteiger partial charge in [-0.05, 0) is 24.3 Å². The van der Waals surface area contributed by atoms with E-state index in [9.17, 15) is 4.79 Å². The third kappa shape index (κ3) is 2.95. The van der Waals surface area contributed by atoms with Crippen LogP contribution in [0.3, 0.4) is 0 Å². The van der Waals surface area contributed by atoms with Gasteiger partial charge in [0.15, 0.2) is 0 Å². The molecule has 0 saturated carbocycles. The monoisotopic (exact) mass is 247 g/mol. The first kappa shape index (κ1) is 11.4. The van der Waals surface area contributed by atoms with E-state index in [0.717, 1.165) is 5.69 Å². The zero-order valence-corrected chi connectivity index (χ0v) is 9.61. The highest BCUT2D eigenvalue weighted by Crippen LogP contribution is 2.14. The van der Waals surface area contributed by atoms with Crippen molar-refractivity contribution in [3.63, 3.8) is 0 Å². The minimum absolute atomic E-state index is 0.335. The summed E-state index contributed by atoms with van der Waals surface area (Å²) < 4.78 is 0. The number of aromatic amines is 1. The van der Waals surface area contributed by atoms with Crippen molar-refractivity contribution in [2.75, 3.05) is 0 Å². The Morgan fingerprint density at radius 1 is 1.29 bits per heavy atom. The van der Waals surface area contributed by atoms with E-state index in [1.165, 1.54) is 6.21 Å². The normalized spacial score (nSPS) is 10.6. The summed E-state index contributed by atoms with van der Waals surface area (Å²) in [5.41, 5.74) is 3.61. The van der Waals surface area contributed by atoms with Crippen LogP contribution in [-0.4, -0.2) is 17.1 Å². The van der Waals surface area contributed by atoms with Gasteiger partial charge in [0, 0.05) is 6.20 Å². The Kier molecular flexibility index (Phi) is 3.57. The number of benzene rings is 1. The average Bonchev–Trinajstić information content (AvgIpc) is 2.82. The molecule has 2 N–H and O–H groups in total.